The molecule has 1 amide bonds. The Morgan fingerprint density at radius 3 is 3.06 bits per heavy atom. The maximum absolute atomic E-state index is 11.3. The van der Waals surface area contributed by atoms with Crippen LogP contribution in [0.4, 0.5) is 0 Å². The van der Waals surface area contributed by atoms with E-state index in [-0.39, 0.29) is 25.2 Å². The van der Waals surface area contributed by atoms with E-state index in [2.05, 4.69) is 15.3 Å². The van der Waals surface area contributed by atoms with Gasteiger partial charge in [0.25, 0.3) is 0 Å². The highest BCUT2D eigenvalue weighted by Crippen LogP contribution is 1.92. The molecular formula is C9H18N4O3. The second kappa shape index (κ2) is 10.2. The summed E-state index contributed by atoms with van der Waals surface area (Å²) in [5, 5.41) is 14.5. The Hall–Kier alpha value is -1.30. The van der Waals surface area contributed by atoms with E-state index in [1.807, 2.05) is 6.92 Å². The normalized spacial score (nSPS) is 11.6. The predicted molar refractivity (Wildman–Crippen MR) is 58.8 cm³/mol. The summed E-state index contributed by atoms with van der Waals surface area (Å²) in [5.74, 6) is -0.0896. The summed E-state index contributed by atoms with van der Waals surface area (Å²) in [7, 11) is 0. The Morgan fingerprint density at radius 1 is 1.69 bits per heavy atom. The largest absolute Gasteiger partial charge is 0.394 e. The summed E-state index contributed by atoms with van der Waals surface area (Å²) in [4.78, 5) is 13.9. The molecule has 2 N–H and O–H groups in total. The molecule has 16 heavy (non-hydrogen) atoms. The molecule has 0 fully saturated rings. The summed E-state index contributed by atoms with van der Waals surface area (Å²) in [5.41, 5.74) is 8.02. The number of carbonyl (C=O) groups is 1. The molecular weight excluding hydrogens is 212 g/mol. The lowest BCUT2D eigenvalue weighted by molar-refractivity contribution is -0.122. The van der Waals surface area contributed by atoms with Crippen molar-refractivity contribution in [2.45, 2.75) is 25.8 Å². The van der Waals surface area contributed by atoms with E-state index in [4.69, 9.17) is 15.4 Å². The van der Waals surface area contributed by atoms with E-state index in [1.165, 1.54) is 0 Å². The molecule has 0 saturated carbocycles. The molecule has 0 spiro atoms. The van der Waals surface area contributed by atoms with Crippen molar-refractivity contribution in [3.63, 3.8) is 0 Å². The van der Waals surface area contributed by atoms with Gasteiger partial charge in [0.2, 0.25) is 5.91 Å². The molecule has 7 heteroatoms. The fraction of sp³-hybridized carbons (Fsp3) is 0.889. The van der Waals surface area contributed by atoms with Crippen LogP contribution in [-0.2, 0) is 9.53 Å². The van der Waals surface area contributed by atoms with Gasteiger partial charge in [-0.2, -0.15) is 0 Å². The molecule has 92 valence electrons. The van der Waals surface area contributed by atoms with Gasteiger partial charge in [0.05, 0.1) is 19.8 Å². The maximum Gasteiger partial charge on any atom is 0.220 e. The zero-order chi connectivity index (χ0) is 12.2. The van der Waals surface area contributed by atoms with Gasteiger partial charge in [0.15, 0.2) is 0 Å². The lowest BCUT2D eigenvalue weighted by Crippen LogP contribution is -2.36. The predicted octanol–water partition coefficient (Wildman–Crippen LogP) is 0.590. The highest BCUT2D eigenvalue weighted by molar-refractivity contribution is 5.76. The van der Waals surface area contributed by atoms with Crippen LogP contribution in [0, 0.1) is 0 Å². The third-order valence-corrected chi connectivity index (χ3v) is 1.74. The topological polar surface area (TPSA) is 107 Å². The second-order valence-corrected chi connectivity index (χ2v) is 3.33. The van der Waals surface area contributed by atoms with Gasteiger partial charge < -0.3 is 15.2 Å². The Balaban J connectivity index is 3.49. The summed E-state index contributed by atoms with van der Waals surface area (Å²) < 4.78 is 5.06. The molecule has 0 aliphatic rings. The first-order valence-corrected chi connectivity index (χ1v) is 5.19. The molecule has 0 saturated heterocycles. The fourth-order valence-electron chi connectivity index (χ4n) is 1.07. The number of aliphatic hydroxyl groups excluding tert-OH is 1. The summed E-state index contributed by atoms with van der Waals surface area (Å²) in [6.45, 7) is 2.79. The zero-order valence-corrected chi connectivity index (χ0v) is 9.43. The molecule has 0 bridgehead atoms. The number of rotatable bonds is 9. The minimum absolute atomic E-state index is 0.0210. The summed E-state index contributed by atoms with van der Waals surface area (Å²) in [6.07, 6.45) is 0.878. The molecule has 0 aliphatic heterocycles. The molecule has 0 rings (SSSR count). The van der Waals surface area contributed by atoms with Crippen molar-refractivity contribution in [2.75, 3.05) is 26.4 Å². The monoisotopic (exact) mass is 230 g/mol. The molecule has 0 aromatic heterocycles. The van der Waals surface area contributed by atoms with Gasteiger partial charge in [-0.05, 0) is 18.9 Å². The van der Waals surface area contributed by atoms with E-state index in [1.54, 1.807) is 0 Å². The minimum atomic E-state index is -0.0896. The van der Waals surface area contributed by atoms with E-state index >= 15 is 0 Å². The third kappa shape index (κ3) is 9.26. The molecule has 0 heterocycles. The van der Waals surface area contributed by atoms with Crippen LogP contribution in [0.15, 0.2) is 5.11 Å². The molecule has 1 unspecified atom stereocenters. The van der Waals surface area contributed by atoms with Crippen LogP contribution in [0.25, 0.3) is 10.4 Å². The van der Waals surface area contributed by atoms with Crippen molar-refractivity contribution in [1.82, 2.24) is 5.32 Å². The SMILES string of the molecule is CC(COCCO)NC(=O)CCCN=[N+]=[N-]. The minimum Gasteiger partial charge on any atom is -0.394 e. The van der Waals surface area contributed by atoms with Gasteiger partial charge in [-0.15, -0.1) is 0 Å². The van der Waals surface area contributed by atoms with Crippen molar-refractivity contribution in [1.29, 1.82) is 0 Å². The average molecular weight is 230 g/mol. The van der Waals surface area contributed by atoms with E-state index in [0.717, 1.165) is 0 Å². The number of aliphatic hydroxyl groups is 1. The number of hydrogen-bond donors (Lipinski definition) is 2. The van der Waals surface area contributed by atoms with Gasteiger partial charge in [0.1, 0.15) is 0 Å². The number of ether oxygens (including phenoxy) is 1. The number of nitrogens with one attached hydrogen (secondary N) is 1. The standard InChI is InChI=1S/C9H18N4O3/c1-8(7-16-6-5-14)12-9(15)3-2-4-11-13-10/h8,14H,2-7H2,1H3,(H,12,15). The van der Waals surface area contributed by atoms with Crippen molar-refractivity contribution in [3.05, 3.63) is 10.4 Å². The van der Waals surface area contributed by atoms with E-state index < -0.39 is 0 Å². The molecule has 0 aromatic carbocycles. The van der Waals surface area contributed by atoms with Crippen LogP contribution in [-0.4, -0.2) is 43.4 Å². The van der Waals surface area contributed by atoms with Crippen LogP contribution in [0.5, 0.6) is 0 Å². The first-order chi connectivity index (χ1) is 7.70. The first kappa shape index (κ1) is 14.7. The molecule has 1 atom stereocenters. The Bertz CT molecular complexity index is 241. The number of hydrogen-bond acceptors (Lipinski definition) is 4. The van der Waals surface area contributed by atoms with Crippen LogP contribution in [0.2, 0.25) is 0 Å². The van der Waals surface area contributed by atoms with Crippen molar-refractivity contribution < 1.29 is 14.6 Å². The fourth-order valence-corrected chi connectivity index (χ4v) is 1.07. The van der Waals surface area contributed by atoms with Gasteiger partial charge >= 0.3 is 0 Å². The van der Waals surface area contributed by atoms with Gasteiger partial charge in [0, 0.05) is 23.9 Å². The van der Waals surface area contributed by atoms with Crippen molar-refractivity contribution >= 4 is 5.91 Å². The Morgan fingerprint density at radius 2 is 2.44 bits per heavy atom. The number of amides is 1. The zero-order valence-electron chi connectivity index (χ0n) is 9.43. The van der Waals surface area contributed by atoms with Crippen LogP contribution < -0.4 is 5.32 Å². The molecule has 0 aromatic rings. The Labute approximate surface area is 94.4 Å². The van der Waals surface area contributed by atoms with E-state index in [0.29, 0.717) is 26.0 Å². The lowest BCUT2D eigenvalue weighted by atomic mass is 10.2. The maximum atomic E-state index is 11.3. The number of carbonyl (C=O) groups excluding carboxylic acids is 1. The highest BCUT2D eigenvalue weighted by atomic mass is 16.5. The highest BCUT2D eigenvalue weighted by Gasteiger charge is 2.06. The number of azide groups is 1. The summed E-state index contributed by atoms with van der Waals surface area (Å²) in [6, 6.07) is -0.0847. The third-order valence-electron chi connectivity index (χ3n) is 1.74. The first-order valence-electron chi connectivity index (χ1n) is 5.19. The van der Waals surface area contributed by atoms with Crippen LogP contribution in [0.1, 0.15) is 19.8 Å². The molecule has 0 radical (unpaired) electrons. The van der Waals surface area contributed by atoms with Gasteiger partial charge in [-0.25, -0.2) is 0 Å². The Kier molecular flexibility index (Phi) is 9.39. The quantitative estimate of drug-likeness (QED) is 0.262. The average Bonchev–Trinajstić information content (AvgIpc) is 2.25. The van der Waals surface area contributed by atoms with Crippen LogP contribution in [0.3, 0.4) is 0 Å². The van der Waals surface area contributed by atoms with Crippen molar-refractivity contribution in [2.24, 2.45) is 5.11 Å². The number of nitrogens with zero attached hydrogens (tertiary/aromatic N) is 3. The second-order valence-electron chi connectivity index (χ2n) is 3.33. The summed E-state index contributed by atoms with van der Waals surface area (Å²) >= 11 is 0. The smallest absolute Gasteiger partial charge is 0.220 e. The van der Waals surface area contributed by atoms with Gasteiger partial charge in [-0.1, -0.05) is 5.11 Å². The lowest BCUT2D eigenvalue weighted by Gasteiger charge is -2.13. The van der Waals surface area contributed by atoms with E-state index in [9.17, 15) is 4.79 Å². The van der Waals surface area contributed by atoms with Crippen LogP contribution >= 0.6 is 0 Å². The van der Waals surface area contributed by atoms with Gasteiger partial charge in [-0.3, -0.25) is 4.79 Å². The molecule has 7 nitrogen and oxygen atoms in total. The van der Waals surface area contributed by atoms with Crippen molar-refractivity contribution in [3.8, 4) is 0 Å². The molecule has 0 aliphatic carbocycles.